The van der Waals surface area contributed by atoms with Crippen LogP contribution in [-0.2, 0) is 11.4 Å². The third-order valence-corrected chi connectivity index (χ3v) is 6.01. The highest BCUT2D eigenvalue weighted by Crippen LogP contribution is 2.38. The first-order chi connectivity index (χ1) is 16.3. The van der Waals surface area contributed by atoms with E-state index in [4.69, 9.17) is 32.7 Å². The van der Waals surface area contributed by atoms with Gasteiger partial charge in [0.05, 0.1) is 21.1 Å². The van der Waals surface area contributed by atoms with Crippen molar-refractivity contribution in [3.05, 3.63) is 91.4 Å². The minimum Gasteiger partial charge on any atom is -0.490 e. The summed E-state index contributed by atoms with van der Waals surface area (Å²) in [5.74, 6) is 0.465. The molecular weight excluding hydrogens is 539 g/mol. The van der Waals surface area contributed by atoms with Crippen molar-refractivity contribution in [1.82, 2.24) is 0 Å². The van der Waals surface area contributed by atoms with E-state index in [-0.39, 0.29) is 12.2 Å². The zero-order chi connectivity index (χ0) is 24.7. The summed E-state index contributed by atoms with van der Waals surface area (Å²) in [5.41, 5.74) is 3.09. The molecule has 5 nitrogen and oxygen atoms in total. The van der Waals surface area contributed by atoms with E-state index in [0.29, 0.717) is 43.9 Å². The smallest absolute Gasteiger partial charge is 0.266 e. The van der Waals surface area contributed by atoms with Gasteiger partial charge in [0.2, 0.25) is 0 Å². The number of amides is 1. The van der Waals surface area contributed by atoms with Crippen LogP contribution in [0.2, 0.25) is 10.0 Å². The number of aryl methyl sites for hydroxylation is 1. The summed E-state index contributed by atoms with van der Waals surface area (Å²) in [4.78, 5) is 12.6. The standard InChI is InChI=1S/C26H21BrCl2N2O3/c1-3-33-24-13-18(10-19(14-30)26(32)31-20-7-4-16(2)5-8-20)11-21(27)25(24)34-15-17-6-9-22(28)23(29)12-17/h4-13H,3,15H2,1-2H3,(H,31,32)/b19-10-. The number of carbonyl (C=O) groups is 1. The number of rotatable bonds is 8. The Bertz CT molecular complexity index is 1270. The molecule has 0 unspecified atom stereocenters. The number of benzene rings is 3. The van der Waals surface area contributed by atoms with Crippen molar-refractivity contribution in [2.24, 2.45) is 0 Å². The summed E-state index contributed by atoms with van der Waals surface area (Å²) >= 11 is 15.6. The van der Waals surface area contributed by atoms with Gasteiger partial charge in [0.1, 0.15) is 18.2 Å². The highest BCUT2D eigenvalue weighted by Gasteiger charge is 2.15. The molecular formula is C26H21BrCl2N2O3. The molecule has 0 atom stereocenters. The fourth-order valence-electron chi connectivity index (χ4n) is 3.01. The van der Waals surface area contributed by atoms with Gasteiger partial charge in [0.15, 0.2) is 11.5 Å². The van der Waals surface area contributed by atoms with Crippen LogP contribution < -0.4 is 14.8 Å². The van der Waals surface area contributed by atoms with Crippen molar-refractivity contribution in [3.8, 4) is 17.6 Å². The Kier molecular flexibility index (Phi) is 9.00. The van der Waals surface area contributed by atoms with Gasteiger partial charge < -0.3 is 14.8 Å². The number of carbonyl (C=O) groups excluding carboxylic acids is 1. The SMILES string of the molecule is CCOc1cc(/C=C(/C#N)C(=O)Nc2ccc(C)cc2)cc(Br)c1OCc1ccc(Cl)c(Cl)c1. The number of anilines is 1. The van der Waals surface area contributed by atoms with E-state index in [1.165, 1.54) is 6.08 Å². The highest BCUT2D eigenvalue weighted by molar-refractivity contribution is 9.10. The van der Waals surface area contributed by atoms with Crippen molar-refractivity contribution >= 4 is 56.8 Å². The molecule has 0 aliphatic rings. The second kappa shape index (κ2) is 11.9. The van der Waals surface area contributed by atoms with Crippen LogP contribution in [0.1, 0.15) is 23.6 Å². The molecule has 0 bridgehead atoms. The van der Waals surface area contributed by atoms with E-state index >= 15 is 0 Å². The lowest BCUT2D eigenvalue weighted by atomic mass is 10.1. The second-order valence-electron chi connectivity index (χ2n) is 7.29. The van der Waals surface area contributed by atoms with Crippen LogP contribution in [0.4, 0.5) is 5.69 Å². The fraction of sp³-hybridized carbons (Fsp3) is 0.154. The molecule has 174 valence electrons. The zero-order valence-corrected chi connectivity index (χ0v) is 21.6. The lowest BCUT2D eigenvalue weighted by Gasteiger charge is -2.15. The maximum atomic E-state index is 12.6. The molecule has 8 heteroatoms. The summed E-state index contributed by atoms with van der Waals surface area (Å²) < 4.78 is 12.4. The van der Waals surface area contributed by atoms with E-state index < -0.39 is 5.91 Å². The van der Waals surface area contributed by atoms with Crippen LogP contribution in [0.15, 0.2) is 64.6 Å². The molecule has 3 aromatic rings. The minimum atomic E-state index is -0.500. The van der Waals surface area contributed by atoms with Gasteiger partial charge >= 0.3 is 0 Å². The van der Waals surface area contributed by atoms with Gasteiger partial charge in [-0.3, -0.25) is 4.79 Å². The van der Waals surface area contributed by atoms with Crippen LogP contribution in [0.25, 0.3) is 6.08 Å². The van der Waals surface area contributed by atoms with Crippen LogP contribution >= 0.6 is 39.1 Å². The summed E-state index contributed by atoms with van der Waals surface area (Å²) in [6, 6.07) is 18.0. The Hall–Kier alpha value is -2.98. The van der Waals surface area contributed by atoms with Gasteiger partial charge in [-0.05, 0) is 83.4 Å². The molecule has 0 aliphatic carbocycles. The summed E-state index contributed by atoms with van der Waals surface area (Å²) in [6.45, 7) is 4.46. The number of nitrogens with one attached hydrogen (secondary N) is 1. The normalized spacial score (nSPS) is 11.0. The molecule has 0 spiro atoms. The molecule has 0 heterocycles. The van der Waals surface area contributed by atoms with Gasteiger partial charge in [-0.2, -0.15) is 5.26 Å². The maximum absolute atomic E-state index is 12.6. The van der Waals surface area contributed by atoms with Gasteiger partial charge in [-0.1, -0.05) is 47.0 Å². The third kappa shape index (κ3) is 6.77. The van der Waals surface area contributed by atoms with Crippen LogP contribution in [0, 0.1) is 18.3 Å². The molecule has 0 aromatic heterocycles. The summed E-state index contributed by atoms with van der Waals surface area (Å²) in [5, 5.41) is 13.2. The number of hydrogen-bond acceptors (Lipinski definition) is 4. The van der Waals surface area contributed by atoms with Gasteiger partial charge in [0, 0.05) is 5.69 Å². The van der Waals surface area contributed by atoms with E-state index in [1.807, 2.05) is 38.1 Å². The van der Waals surface area contributed by atoms with E-state index in [9.17, 15) is 10.1 Å². The molecule has 1 N–H and O–H groups in total. The van der Waals surface area contributed by atoms with Crippen molar-refractivity contribution in [2.75, 3.05) is 11.9 Å². The van der Waals surface area contributed by atoms with E-state index in [2.05, 4.69) is 21.2 Å². The molecule has 0 radical (unpaired) electrons. The Morgan fingerprint density at radius 1 is 1.09 bits per heavy atom. The second-order valence-corrected chi connectivity index (χ2v) is 8.96. The lowest BCUT2D eigenvalue weighted by molar-refractivity contribution is -0.112. The topological polar surface area (TPSA) is 71.3 Å². The highest BCUT2D eigenvalue weighted by atomic mass is 79.9. The first kappa shape index (κ1) is 25.6. The summed E-state index contributed by atoms with van der Waals surface area (Å²) in [6.07, 6.45) is 1.50. The predicted octanol–water partition coefficient (Wildman–Crippen LogP) is 7.59. The molecule has 0 fully saturated rings. The van der Waals surface area contributed by atoms with Crippen LogP contribution in [0.5, 0.6) is 11.5 Å². The molecule has 0 saturated heterocycles. The maximum Gasteiger partial charge on any atom is 0.266 e. The lowest BCUT2D eigenvalue weighted by Crippen LogP contribution is -2.13. The number of hydrogen-bond donors (Lipinski definition) is 1. The van der Waals surface area contributed by atoms with Gasteiger partial charge in [0.25, 0.3) is 5.91 Å². The summed E-state index contributed by atoms with van der Waals surface area (Å²) in [7, 11) is 0. The molecule has 0 saturated carbocycles. The van der Waals surface area contributed by atoms with Crippen molar-refractivity contribution in [2.45, 2.75) is 20.5 Å². The van der Waals surface area contributed by atoms with E-state index in [0.717, 1.165) is 11.1 Å². The molecule has 0 aliphatic heterocycles. The number of ether oxygens (including phenoxy) is 2. The van der Waals surface area contributed by atoms with Gasteiger partial charge in [-0.15, -0.1) is 0 Å². The van der Waals surface area contributed by atoms with E-state index in [1.54, 1.807) is 36.4 Å². The molecule has 1 amide bonds. The molecule has 34 heavy (non-hydrogen) atoms. The first-order valence-electron chi connectivity index (χ1n) is 10.3. The quantitative estimate of drug-likeness (QED) is 0.228. The van der Waals surface area contributed by atoms with Crippen molar-refractivity contribution in [1.29, 1.82) is 5.26 Å². The number of halogens is 3. The number of nitrogens with zero attached hydrogens (tertiary/aromatic N) is 1. The number of nitriles is 1. The van der Waals surface area contributed by atoms with Gasteiger partial charge in [-0.25, -0.2) is 0 Å². The average molecular weight is 560 g/mol. The van der Waals surface area contributed by atoms with Crippen LogP contribution in [-0.4, -0.2) is 12.5 Å². The first-order valence-corrected chi connectivity index (χ1v) is 11.9. The fourth-order valence-corrected chi connectivity index (χ4v) is 3.90. The largest absolute Gasteiger partial charge is 0.490 e. The monoisotopic (exact) mass is 558 g/mol. The molecule has 3 aromatic carbocycles. The Labute approximate surface area is 217 Å². The zero-order valence-electron chi connectivity index (χ0n) is 18.5. The predicted molar refractivity (Wildman–Crippen MR) is 140 cm³/mol. The minimum absolute atomic E-state index is 0.0422. The van der Waals surface area contributed by atoms with Crippen LogP contribution in [0.3, 0.4) is 0 Å². The Balaban J connectivity index is 1.84. The molecule has 3 rings (SSSR count). The Morgan fingerprint density at radius 2 is 1.82 bits per heavy atom. The van der Waals surface area contributed by atoms with Crippen molar-refractivity contribution in [3.63, 3.8) is 0 Å². The average Bonchev–Trinajstić information content (AvgIpc) is 2.80. The van der Waals surface area contributed by atoms with Crippen molar-refractivity contribution < 1.29 is 14.3 Å². The third-order valence-electron chi connectivity index (χ3n) is 4.68. The Morgan fingerprint density at radius 3 is 2.47 bits per heavy atom.